The van der Waals surface area contributed by atoms with Crippen molar-refractivity contribution in [1.29, 1.82) is 0 Å². The van der Waals surface area contributed by atoms with E-state index in [1.807, 2.05) is 18.2 Å². The third kappa shape index (κ3) is 2.54. The average Bonchev–Trinajstić information content (AvgIpc) is 2.88. The number of carboxylic acids is 1. The third-order valence-electron chi connectivity index (χ3n) is 3.33. The van der Waals surface area contributed by atoms with Gasteiger partial charge in [0.2, 0.25) is 5.88 Å². The largest absolute Gasteiger partial charge is 0.477 e. The Bertz CT molecular complexity index is 685. The second kappa shape index (κ2) is 5.25. The number of carbonyl (C=O) groups is 1. The number of aromatic nitrogens is 1. The van der Waals surface area contributed by atoms with E-state index >= 15 is 0 Å². The number of hydrogen-bond acceptors (Lipinski definition) is 3. The lowest BCUT2D eigenvalue weighted by Crippen LogP contribution is -2.02. The Morgan fingerprint density at radius 3 is 2.85 bits per heavy atom. The topological polar surface area (TPSA) is 59.4 Å². The smallest absolute Gasteiger partial charge is 0.341 e. The van der Waals surface area contributed by atoms with Crippen molar-refractivity contribution < 1.29 is 14.6 Å². The summed E-state index contributed by atoms with van der Waals surface area (Å²) in [6.07, 6.45) is 4.84. The first-order valence-corrected chi connectivity index (χ1v) is 7.11. The molecule has 0 spiro atoms. The van der Waals surface area contributed by atoms with Crippen LogP contribution in [0.1, 0.15) is 27.9 Å². The molecule has 0 amide bonds. The fraction of sp³-hybridized carbons (Fsp3) is 0.200. The van der Waals surface area contributed by atoms with E-state index in [1.54, 1.807) is 0 Å². The van der Waals surface area contributed by atoms with Crippen LogP contribution in [0, 0.1) is 0 Å². The highest BCUT2D eigenvalue weighted by Gasteiger charge is 2.16. The molecule has 0 aliphatic heterocycles. The molecular formula is C15H12BrNO3. The molecule has 1 aromatic heterocycles. The van der Waals surface area contributed by atoms with Gasteiger partial charge in [0.1, 0.15) is 11.3 Å². The van der Waals surface area contributed by atoms with E-state index in [0.717, 1.165) is 19.3 Å². The van der Waals surface area contributed by atoms with Crippen molar-refractivity contribution >= 4 is 21.9 Å². The molecule has 0 atom stereocenters. The molecule has 2 aromatic rings. The van der Waals surface area contributed by atoms with Gasteiger partial charge in [0.05, 0.1) is 0 Å². The fourth-order valence-electron chi connectivity index (χ4n) is 2.38. The molecule has 1 aliphatic carbocycles. The number of halogens is 1. The molecule has 102 valence electrons. The first kappa shape index (κ1) is 13.1. The summed E-state index contributed by atoms with van der Waals surface area (Å²) in [4.78, 5) is 15.2. The molecule has 0 unspecified atom stereocenters. The lowest BCUT2D eigenvalue weighted by atomic mass is 10.1. The Morgan fingerprint density at radius 1 is 1.25 bits per heavy atom. The first-order chi connectivity index (χ1) is 9.63. The Labute approximate surface area is 124 Å². The minimum Gasteiger partial charge on any atom is -0.477 e. The van der Waals surface area contributed by atoms with Gasteiger partial charge in [0, 0.05) is 10.7 Å². The summed E-state index contributed by atoms with van der Waals surface area (Å²) in [5, 5.41) is 9.18. The molecule has 0 radical (unpaired) electrons. The van der Waals surface area contributed by atoms with Crippen molar-refractivity contribution in [3.8, 4) is 11.6 Å². The van der Waals surface area contributed by atoms with Crippen LogP contribution in [0.4, 0.5) is 0 Å². The van der Waals surface area contributed by atoms with E-state index in [4.69, 9.17) is 4.74 Å². The van der Waals surface area contributed by atoms with E-state index in [2.05, 4.69) is 20.9 Å². The molecule has 0 saturated heterocycles. The third-order valence-corrected chi connectivity index (χ3v) is 3.77. The van der Waals surface area contributed by atoms with Gasteiger partial charge >= 0.3 is 5.97 Å². The molecule has 20 heavy (non-hydrogen) atoms. The fourth-order valence-corrected chi connectivity index (χ4v) is 2.72. The normalized spacial score (nSPS) is 13.1. The second-order valence-electron chi connectivity index (χ2n) is 4.70. The summed E-state index contributed by atoms with van der Waals surface area (Å²) in [5.41, 5.74) is 2.66. The van der Waals surface area contributed by atoms with Crippen molar-refractivity contribution in [3.05, 3.63) is 51.6 Å². The standard InChI is InChI=1S/C15H12BrNO3/c16-11-7-13(15(18)19)14(17-8-11)20-12-5-4-9-2-1-3-10(9)6-12/h4-8H,1-3H2,(H,18,19). The zero-order chi connectivity index (χ0) is 14.1. The minimum atomic E-state index is -1.06. The first-order valence-electron chi connectivity index (χ1n) is 6.32. The number of fused-ring (bicyclic) bond motifs is 1. The molecule has 0 saturated carbocycles. The lowest BCUT2D eigenvalue weighted by Gasteiger charge is -2.09. The van der Waals surface area contributed by atoms with Crippen LogP contribution < -0.4 is 4.74 Å². The molecule has 0 fully saturated rings. The maximum Gasteiger partial charge on any atom is 0.341 e. The maximum atomic E-state index is 11.2. The van der Waals surface area contributed by atoms with Gasteiger partial charge in [-0.1, -0.05) is 6.07 Å². The van der Waals surface area contributed by atoms with Crippen LogP contribution in [0.2, 0.25) is 0 Å². The van der Waals surface area contributed by atoms with E-state index in [-0.39, 0.29) is 11.4 Å². The Morgan fingerprint density at radius 2 is 2.05 bits per heavy atom. The van der Waals surface area contributed by atoms with Crippen LogP contribution in [0.25, 0.3) is 0 Å². The van der Waals surface area contributed by atoms with Crippen LogP contribution in [0.3, 0.4) is 0 Å². The number of rotatable bonds is 3. The highest BCUT2D eigenvalue weighted by Crippen LogP contribution is 2.30. The quantitative estimate of drug-likeness (QED) is 0.927. The summed E-state index contributed by atoms with van der Waals surface area (Å²) in [6.45, 7) is 0. The number of carboxylic acid groups (broad SMARTS) is 1. The van der Waals surface area contributed by atoms with Crippen LogP contribution >= 0.6 is 15.9 Å². The highest BCUT2D eigenvalue weighted by atomic mass is 79.9. The summed E-state index contributed by atoms with van der Waals surface area (Å²) >= 11 is 3.21. The number of aromatic carboxylic acids is 1. The number of benzene rings is 1. The van der Waals surface area contributed by atoms with Crippen molar-refractivity contribution in [2.75, 3.05) is 0 Å². The van der Waals surface area contributed by atoms with Crippen LogP contribution in [0.15, 0.2) is 34.9 Å². The van der Waals surface area contributed by atoms with Crippen molar-refractivity contribution in [3.63, 3.8) is 0 Å². The number of hydrogen-bond donors (Lipinski definition) is 1. The van der Waals surface area contributed by atoms with E-state index in [1.165, 1.54) is 23.4 Å². The van der Waals surface area contributed by atoms with Gasteiger partial charge in [-0.05, 0) is 64.5 Å². The molecule has 5 heteroatoms. The molecule has 1 aliphatic rings. The Hall–Kier alpha value is -1.88. The van der Waals surface area contributed by atoms with Crippen molar-refractivity contribution in [2.24, 2.45) is 0 Å². The molecule has 1 heterocycles. The Kier molecular flexibility index (Phi) is 3.44. The van der Waals surface area contributed by atoms with Crippen LogP contribution in [-0.2, 0) is 12.8 Å². The molecule has 3 rings (SSSR count). The van der Waals surface area contributed by atoms with Crippen LogP contribution in [-0.4, -0.2) is 16.1 Å². The van der Waals surface area contributed by atoms with Crippen molar-refractivity contribution in [2.45, 2.75) is 19.3 Å². The van der Waals surface area contributed by atoms with E-state index in [0.29, 0.717) is 10.2 Å². The molecule has 4 nitrogen and oxygen atoms in total. The van der Waals surface area contributed by atoms with Gasteiger partial charge in [0.25, 0.3) is 0 Å². The van der Waals surface area contributed by atoms with Gasteiger partial charge < -0.3 is 9.84 Å². The molecule has 0 bridgehead atoms. The second-order valence-corrected chi connectivity index (χ2v) is 5.61. The van der Waals surface area contributed by atoms with Crippen molar-refractivity contribution in [1.82, 2.24) is 4.98 Å². The van der Waals surface area contributed by atoms with Gasteiger partial charge in [-0.2, -0.15) is 0 Å². The monoisotopic (exact) mass is 333 g/mol. The zero-order valence-electron chi connectivity index (χ0n) is 10.6. The SMILES string of the molecule is O=C(O)c1cc(Br)cnc1Oc1ccc2c(c1)CCC2. The van der Waals surface area contributed by atoms with E-state index < -0.39 is 5.97 Å². The maximum absolute atomic E-state index is 11.2. The van der Waals surface area contributed by atoms with Gasteiger partial charge in [-0.15, -0.1) is 0 Å². The molecular weight excluding hydrogens is 322 g/mol. The average molecular weight is 334 g/mol. The summed E-state index contributed by atoms with van der Waals surface area (Å²) < 4.78 is 6.25. The number of nitrogens with zero attached hydrogens (tertiary/aromatic N) is 1. The van der Waals surface area contributed by atoms with Crippen LogP contribution in [0.5, 0.6) is 11.6 Å². The number of ether oxygens (including phenoxy) is 1. The number of pyridine rings is 1. The predicted molar refractivity (Wildman–Crippen MR) is 77.4 cm³/mol. The summed E-state index contributed by atoms with van der Waals surface area (Å²) in [6, 6.07) is 7.35. The number of aryl methyl sites for hydroxylation is 2. The van der Waals surface area contributed by atoms with Gasteiger partial charge in [-0.25, -0.2) is 9.78 Å². The lowest BCUT2D eigenvalue weighted by molar-refractivity contribution is 0.0693. The molecule has 1 aromatic carbocycles. The minimum absolute atomic E-state index is 0.0415. The highest BCUT2D eigenvalue weighted by molar-refractivity contribution is 9.10. The summed E-state index contributed by atoms with van der Waals surface area (Å²) in [5.74, 6) is -0.323. The van der Waals surface area contributed by atoms with Gasteiger partial charge in [0.15, 0.2) is 0 Å². The predicted octanol–water partition coefficient (Wildman–Crippen LogP) is 3.82. The molecule has 1 N–H and O–H groups in total. The van der Waals surface area contributed by atoms with E-state index in [9.17, 15) is 9.90 Å². The van der Waals surface area contributed by atoms with Gasteiger partial charge in [-0.3, -0.25) is 0 Å². The summed E-state index contributed by atoms with van der Waals surface area (Å²) in [7, 11) is 0. The zero-order valence-corrected chi connectivity index (χ0v) is 12.2. The Balaban J connectivity index is 1.93.